The first-order valence-electron chi connectivity index (χ1n) is 6.22. The highest BCUT2D eigenvalue weighted by atomic mass is 35.5. The van der Waals surface area contributed by atoms with Gasteiger partial charge in [-0.15, -0.1) is 0 Å². The summed E-state index contributed by atoms with van der Waals surface area (Å²) in [7, 11) is 0. The Morgan fingerprint density at radius 2 is 1.80 bits per heavy atom. The Balaban J connectivity index is 2.09. The fourth-order valence-electron chi connectivity index (χ4n) is 2.06. The van der Waals surface area contributed by atoms with Crippen LogP contribution in [0.4, 0.5) is 5.69 Å². The third kappa shape index (κ3) is 2.40. The number of hydrogen-bond donors (Lipinski definition) is 1. The van der Waals surface area contributed by atoms with Crippen LogP contribution in [0.3, 0.4) is 0 Å². The highest BCUT2D eigenvalue weighted by Gasteiger charge is 2.07. The Bertz CT molecular complexity index is 769. The minimum absolute atomic E-state index is 0.680. The van der Waals surface area contributed by atoms with Gasteiger partial charge in [-0.1, -0.05) is 11.6 Å². The van der Waals surface area contributed by atoms with E-state index in [1.807, 2.05) is 37.3 Å². The molecule has 20 heavy (non-hydrogen) atoms. The number of aryl methyl sites for hydroxylation is 1. The third-order valence-corrected chi connectivity index (χ3v) is 3.32. The van der Waals surface area contributed by atoms with Crippen LogP contribution in [0.2, 0.25) is 5.02 Å². The van der Waals surface area contributed by atoms with Gasteiger partial charge in [0, 0.05) is 33.4 Å². The minimum atomic E-state index is 0.680. The van der Waals surface area contributed by atoms with Gasteiger partial charge in [0.1, 0.15) is 11.5 Å². The molecular weight excluding hydrogens is 272 g/mol. The summed E-state index contributed by atoms with van der Waals surface area (Å²) in [6.07, 6.45) is 1.77. The lowest BCUT2D eigenvalue weighted by atomic mass is 10.1. The molecule has 2 aromatic carbocycles. The van der Waals surface area contributed by atoms with Gasteiger partial charge in [0.25, 0.3) is 0 Å². The number of benzene rings is 2. The Hall–Kier alpha value is -2.26. The first-order valence-corrected chi connectivity index (χ1v) is 6.59. The lowest BCUT2D eigenvalue weighted by Crippen LogP contribution is -1.92. The summed E-state index contributed by atoms with van der Waals surface area (Å²) in [6, 6.07) is 12.9. The van der Waals surface area contributed by atoms with Gasteiger partial charge >= 0.3 is 0 Å². The molecule has 1 heterocycles. The summed E-state index contributed by atoms with van der Waals surface area (Å²) in [5, 5.41) is 2.52. The maximum atomic E-state index is 5.98. The van der Waals surface area contributed by atoms with Crippen molar-refractivity contribution < 1.29 is 4.74 Å². The van der Waals surface area contributed by atoms with E-state index in [-0.39, 0.29) is 0 Å². The Morgan fingerprint density at radius 3 is 2.55 bits per heavy atom. The topological polar surface area (TPSA) is 48.1 Å². The van der Waals surface area contributed by atoms with Crippen molar-refractivity contribution >= 4 is 28.1 Å². The second-order valence-corrected chi connectivity index (χ2v) is 5.02. The monoisotopic (exact) mass is 284 g/mol. The summed E-state index contributed by atoms with van der Waals surface area (Å²) in [4.78, 5) is 4.27. The van der Waals surface area contributed by atoms with E-state index in [4.69, 9.17) is 22.1 Å². The molecule has 100 valence electrons. The Labute approximate surface area is 122 Å². The number of fused-ring (bicyclic) bond motifs is 1. The van der Waals surface area contributed by atoms with Crippen molar-refractivity contribution in [1.29, 1.82) is 0 Å². The zero-order valence-electron chi connectivity index (χ0n) is 10.9. The van der Waals surface area contributed by atoms with Crippen LogP contribution in [0.15, 0.2) is 48.7 Å². The highest BCUT2D eigenvalue weighted by molar-refractivity contribution is 6.30. The Kier molecular flexibility index (Phi) is 3.20. The number of nitrogens with zero attached hydrogens (tertiary/aromatic N) is 1. The van der Waals surface area contributed by atoms with Gasteiger partial charge in [-0.2, -0.15) is 0 Å². The van der Waals surface area contributed by atoms with Crippen LogP contribution in [-0.4, -0.2) is 4.98 Å². The van der Waals surface area contributed by atoms with E-state index in [2.05, 4.69) is 4.98 Å². The Morgan fingerprint density at radius 1 is 1.05 bits per heavy atom. The van der Waals surface area contributed by atoms with Crippen LogP contribution in [0.5, 0.6) is 11.5 Å². The number of aromatic nitrogens is 1. The normalized spacial score (nSPS) is 10.7. The van der Waals surface area contributed by atoms with E-state index < -0.39 is 0 Å². The van der Waals surface area contributed by atoms with Crippen molar-refractivity contribution in [3.8, 4) is 11.5 Å². The van der Waals surface area contributed by atoms with Gasteiger partial charge in [-0.05, 0) is 49.4 Å². The molecule has 0 aliphatic heterocycles. The van der Waals surface area contributed by atoms with Crippen molar-refractivity contribution in [1.82, 2.24) is 4.98 Å². The zero-order valence-corrected chi connectivity index (χ0v) is 11.7. The molecule has 1 aromatic heterocycles. The molecule has 3 rings (SSSR count). The predicted octanol–water partition coefficient (Wildman–Crippen LogP) is 4.57. The standard InChI is InChI=1S/C16H13ClN2O/c1-10-8-13-14(9-19-10)15(18)6-7-16(13)20-12-4-2-11(17)3-5-12/h2-9H,18H2,1H3. The molecular formula is C16H13ClN2O. The fraction of sp³-hybridized carbons (Fsp3) is 0.0625. The maximum Gasteiger partial charge on any atom is 0.135 e. The lowest BCUT2D eigenvalue weighted by molar-refractivity contribution is 0.488. The second-order valence-electron chi connectivity index (χ2n) is 4.58. The average molecular weight is 285 g/mol. The molecule has 3 nitrogen and oxygen atoms in total. The van der Waals surface area contributed by atoms with Crippen LogP contribution < -0.4 is 10.5 Å². The molecule has 0 saturated heterocycles. The molecule has 0 bridgehead atoms. The summed E-state index contributed by atoms with van der Waals surface area (Å²) >= 11 is 5.87. The van der Waals surface area contributed by atoms with E-state index in [1.54, 1.807) is 18.3 Å². The average Bonchev–Trinajstić information content (AvgIpc) is 2.44. The minimum Gasteiger partial charge on any atom is -0.457 e. The number of rotatable bonds is 2. The van der Waals surface area contributed by atoms with Crippen molar-refractivity contribution in [3.63, 3.8) is 0 Å². The van der Waals surface area contributed by atoms with Gasteiger partial charge in [-0.25, -0.2) is 0 Å². The maximum absolute atomic E-state index is 5.98. The van der Waals surface area contributed by atoms with E-state index in [1.165, 1.54) is 0 Å². The van der Waals surface area contributed by atoms with Crippen molar-refractivity contribution in [2.75, 3.05) is 5.73 Å². The molecule has 0 atom stereocenters. The van der Waals surface area contributed by atoms with Crippen molar-refractivity contribution in [2.24, 2.45) is 0 Å². The van der Waals surface area contributed by atoms with Crippen LogP contribution in [0.25, 0.3) is 10.8 Å². The third-order valence-electron chi connectivity index (χ3n) is 3.07. The number of hydrogen-bond acceptors (Lipinski definition) is 3. The van der Waals surface area contributed by atoms with Crippen molar-refractivity contribution in [2.45, 2.75) is 6.92 Å². The number of nitrogens with two attached hydrogens (primary N) is 1. The molecule has 0 unspecified atom stereocenters. The van der Waals surface area contributed by atoms with Crippen LogP contribution in [-0.2, 0) is 0 Å². The predicted molar refractivity (Wildman–Crippen MR) is 82.4 cm³/mol. The van der Waals surface area contributed by atoms with E-state index >= 15 is 0 Å². The summed E-state index contributed by atoms with van der Waals surface area (Å²) in [5.41, 5.74) is 7.59. The quantitative estimate of drug-likeness (QED) is 0.701. The molecule has 0 aliphatic carbocycles. The van der Waals surface area contributed by atoms with Gasteiger partial charge in [0.05, 0.1) is 0 Å². The SMILES string of the molecule is Cc1cc2c(Oc3ccc(Cl)cc3)ccc(N)c2cn1. The highest BCUT2D eigenvalue weighted by Crippen LogP contribution is 2.33. The molecule has 0 saturated carbocycles. The molecule has 0 fully saturated rings. The van der Waals surface area contributed by atoms with E-state index in [0.717, 1.165) is 28.0 Å². The number of halogens is 1. The summed E-state index contributed by atoms with van der Waals surface area (Å²) < 4.78 is 5.91. The van der Waals surface area contributed by atoms with Crippen LogP contribution in [0.1, 0.15) is 5.69 Å². The smallest absolute Gasteiger partial charge is 0.135 e. The van der Waals surface area contributed by atoms with Gasteiger partial charge < -0.3 is 10.5 Å². The van der Waals surface area contributed by atoms with Gasteiger partial charge in [-0.3, -0.25) is 4.98 Å². The summed E-state index contributed by atoms with van der Waals surface area (Å²) in [5.74, 6) is 1.48. The summed E-state index contributed by atoms with van der Waals surface area (Å²) in [6.45, 7) is 1.94. The van der Waals surface area contributed by atoms with Gasteiger partial charge in [0.2, 0.25) is 0 Å². The molecule has 2 N–H and O–H groups in total. The van der Waals surface area contributed by atoms with E-state index in [9.17, 15) is 0 Å². The number of pyridine rings is 1. The van der Waals surface area contributed by atoms with Crippen molar-refractivity contribution in [3.05, 3.63) is 59.4 Å². The zero-order chi connectivity index (χ0) is 14.1. The number of anilines is 1. The molecule has 0 radical (unpaired) electrons. The largest absolute Gasteiger partial charge is 0.457 e. The van der Waals surface area contributed by atoms with Gasteiger partial charge in [0.15, 0.2) is 0 Å². The van der Waals surface area contributed by atoms with Crippen LogP contribution >= 0.6 is 11.6 Å². The van der Waals surface area contributed by atoms with E-state index in [0.29, 0.717) is 10.7 Å². The first kappa shape index (κ1) is 12.8. The van der Waals surface area contributed by atoms with Crippen LogP contribution in [0, 0.1) is 6.92 Å². The lowest BCUT2D eigenvalue weighted by Gasteiger charge is -2.11. The first-order chi connectivity index (χ1) is 9.63. The molecule has 4 heteroatoms. The number of ether oxygens (including phenoxy) is 1. The molecule has 0 spiro atoms. The number of nitrogen functional groups attached to an aromatic ring is 1. The second kappa shape index (κ2) is 5.02. The molecule has 0 amide bonds. The fourth-order valence-corrected chi connectivity index (χ4v) is 2.18. The molecule has 0 aliphatic rings. The molecule has 3 aromatic rings.